The van der Waals surface area contributed by atoms with Gasteiger partial charge in [0.2, 0.25) is 5.76 Å². The number of morpholine rings is 1. The molecule has 0 radical (unpaired) electrons. The van der Waals surface area contributed by atoms with Crippen LogP contribution in [0.3, 0.4) is 0 Å². The van der Waals surface area contributed by atoms with Crippen molar-refractivity contribution in [2.24, 2.45) is 0 Å². The van der Waals surface area contributed by atoms with Gasteiger partial charge in [0, 0.05) is 45.3 Å². The number of piperazine rings is 1. The van der Waals surface area contributed by atoms with Crippen LogP contribution in [0.4, 0.5) is 11.6 Å². The lowest BCUT2D eigenvalue weighted by Crippen LogP contribution is -2.49. The Morgan fingerprint density at radius 3 is 2.20 bits per heavy atom. The van der Waals surface area contributed by atoms with Crippen molar-refractivity contribution < 1.29 is 18.5 Å². The van der Waals surface area contributed by atoms with Crippen molar-refractivity contribution >= 4 is 17.5 Å². The minimum atomic E-state index is -0.148. The van der Waals surface area contributed by atoms with E-state index in [0.29, 0.717) is 50.9 Å². The van der Waals surface area contributed by atoms with Crippen molar-refractivity contribution in [2.75, 3.05) is 62.3 Å². The Balaban J connectivity index is 1.18. The SMILES string of the molecule is O=C(c1cc(-c2ccco2)on1)N1CCN(c2ccc(N3CCOCC3)nn2)CC1. The van der Waals surface area contributed by atoms with E-state index >= 15 is 0 Å². The number of furan rings is 1. The summed E-state index contributed by atoms with van der Waals surface area (Å²) in [5, 5.41) is 12.7. The third-order valence-corrected chi connectivity index (χ3v) is 5.36. The fourth-order valence-electron chi connectivity index (χ4n) is 3.66. The summed E-state index contributed by atoms with van der Waals surface area (Å²) in [6.07, 6.45) is 1.55. The molecule has 2 fully saturated rings. The molecule has 0 atom stereocenters. The Hall–Kier alpha value is -3.40. The average molecular weight is 410 g/mol. The highest BCUT2D eigenvalue weighted by molar-refractivity contribution is 5.93. The molecule has 3 aromatic heterocycles. The average Bonchev–Trinajstić information content (AvgIpc) is 3.52. The molecule has 0 aromatic carbocycles. The number of carbonyl (C=O) groups excluding carboxylic acids is 1. The molecule has 2 aliphatic rings. The molecule has 10 nitrogen and oxygen atoms in total. The predicted octanol–water partition coefficient (Wildman–Crippen LogP) is 1.52. The monoisotopic (exact) mass is 410 g/mol. The molecule has 0 N–H and O–H groups in total. The Morgan fingerprint density at radius 1 is 0.867 bits per heavy atom. The standard InChI is InChI=1S/C20H22N6O4/c27-20(15-14-17(30-23-15)16-2-1-11-29-16)26-7-5-24(6-8-26)18-3-4-19(22-21-18)25-9-12-28-13-10-25/h1-4,11,14H,5-10,12-13H2. The van der Waals surface area contributed by atoms with Gasteiger partial charge >= 0.3 is 0 Å². The van der Waals surface area contributed by atoms with E-state index in [-0.39, 0.29) is 11.6 Å². The maximum absolute atomic E-state index is 12.8. The third-order valence-electron chi connectivity index (χ3n) is 5.36. The summed E-state index contributed by atoms with van der Waals surface area (Å²) in [4.78, 5) is 18.8. The smallest absolute Gasteiger partial charge is 0.276 e. The van der Waals surface area contributed by atoms with E-state index in [4.69, 9.17) is 13.7 Å². The van der Waals surface area contributed by atoms with Gasteiger partial charge < -0.3 is 28.4 Å². The van der Waals surface area contributed by atoms with Gasteiger partial charge in [0.1, 0.15) is 0 Å². The van der Waals surface area contributed by atoms with Gasteiger partial charge in [-0.3, -0.25) is 4.79 Å². The van der Waals surface area contributed by atoms with Crippen molar-refractivity contribution in [2.45, 2.75) is 0 Å². The molecule has 0 unspecified atom stereocenters. The van der Waals surface area contributed by atoms with Crippen molar-refractivity contribution in [1.82, 2.24) is 20.3 Å². The molecule has 1 amide bonds. The van der Waals surface area contributed by atoms with Crippen LogP contribution in [0.2, 0.25) is 0 Å². The highest BCUT2D eigenvalue weighted by Gasteiger charge is 2.26. The molecule has 156 valence electrons. The normalized spacial score (nSPS) is 17.4. The van der Waals surface area contributed by atoms with Crippen LogP contribution in [0.5, 0.6) is 0 Å². The number of hydrogen-bond acceptors (Lipinski definition) is 9. The maximum atomic E-state index is 12.8. The maximum Gasteiger partial charge on any atom is 0.276 e. The Labute approximate surface area is 173 Å². The fourth-order valence-corrected chi connectivity index (χ4v) is 3.66. The second-order valence-electron chi connectivity index (χ2n) is 7.18. The van der Waals surface area contributed by atoms with E-state index in [1.165, 1.54) is 0 Å². The number of ether oxygens (including phenoxy) is 1. The quantitative estimate of drug-likeness (QED) is 0.633. The zero-order chi connectivity index (χ0) is 20.3. The third kappa shape index (κ3) is 3.73. The van der Waals surface area contributed by atoms with Crippen LogP contribution in [0.1, 0.15) is 10.5 Å². The molecular formula is C20H22N6O4. The molecule has 30 heavy (non-hydrogen) atoms. The Kier molecular flexibility index (Phi) is 5.06. The van der Waals surface area contributed by atoms with Crippen LogP contribution in [-0.2, 0) is 4.74 Å². The van der Waals surface area contributed by atoms with E-state index in [2.05, 4.69) is 25.2 Å². The lowest BCUT2D eigenvalue weighted by molar-refractivity contribution is 0.0736. The first-order valence-corrected chi connectivity index (χ1v) is 9.99. The lowest BCUT2D eigenvalue weighted by atomic mass is 10.2. The van der Waals surface area contributed by atoms with Gasteiger partial charge in [0.25, 0.3) is 5.91 Å². The van der Waals surface area contributed by atoms with Crippen molar-refractivity contribution in [1.29, 1.82) is 0 Å². The minimum absolute atomic E-state index is 0.148. The van der Waals surface area contributed by atoms with Gasteiger partial charge in [-0.25, -0.2) is 0 Å². The number of rotatable bonds is 4. The van der Waals surface area contributed by atoms with Gasteiger partial charge in [0.15, 0.2) is 23.1 Å². The Morgan fingerprint density at radius 2 is 1.57 bits per heavy atom. The molecule has 2 saturated heterocycles. The highest BCUT2D eigenvalue weighted by atomic mass is 16.5. The Bertz CT molecular complexity index is 973. The number of anilines is 2. The molecule has 5 heterocycles. The van der Waals surface area contributed by atoms with Crippen molar-refractivity contribution in [3.63, 3.8) is 0 Å². The van der Waals surface area contributed by atoms with E-state index in [1.807, 2.05) is 12.1 Å². The number of hydrogen-bond donors (Lipinski definition) is 0. The van der Waals surface area contributed by atoms with Crippen LogP contribution in [0.15, 0.2) is 45.5 Å². The molecule has 0 saturated carbocycles. The second-order valence-corrected chi connectivity index (χ2v) is 7.18. The molecular weight excluding hydrogens is 388 g/mol. The van der Waals surface area contributed by atoms with Crippen LogP contribution < -0.4 is 9.80 Å². The first-order chi connectivity index (χ1) is 14.8. The predicted molar refractivity (Wildman–Crippen MR) is 107 cm³/mol. The molecule has 5 rings (SSSR count). The summed E-state index contributed by atoms with van der Waals surface area (Å²) in [7, 11) is 0. The summed E-state index contributed by atoms with van der Waals surface area (Å²) in [5.74, 6) is 2.53. The van der Waals surface area contributed by atoms with Gasteiger partial charge in [-0.2, -0.15) is 0 Å². The van der Waals surface area contributed by atoms with Gasteiger partial charge in [-0.05, 0) is 24.3 Å². The molecule has 10 heteroatoms. The van der Waals surface area contributed by atoms with Crippen LogP contribution >= 0.6 is 0 Å². The number of aromatic nitrogens is 3. The summed E-state index contributed by atoms with van der Waals surface area (Å²) in [5.41, 5.74) is 0.282. The summed E-state index contributed by atoms with van der Waals surface area (Å²) in [6.45, 7) is 5.61. The van der Waals surface area contributed by atoms with E-state index in [0.717, 1.165) is 24.7 Å². The van der Waals surface area contributed by atoms with Crippen LogP contribution in [0.25, 0.3) is 11.5 Å². The summed E-state index contributed by atoms with van der Waals surface area (Å²) >= 11 is 0. The number of amides is 1. The molecule has 0 bridgehead atoms. The minimum Gasteiger partial charge on any atom is -0.461 e. The topological polar surface area (TPSA) is 101 Å². The first-order valence-electron chi connectivity index (χ1n) is 9.99. The van der Waals surface area contributed by atoms with Crippen molar-refractivity contribution in [3.8, 4) is 11.5 Å². The van der Waals surface area contributed by atoms with E-state index in [9.17, 15) is 4.79 Å². The fraction of sp³-hybridized carbons (Fsp3) is 0.400. The summed E-state index contributed by atoms with van der Waals surface area (Å²) in [6, 6.07) is 9.12. The summed E-state index contributed by atoms with van der Waals surface area (Å²) < 4.78 is 15.9. The van der Waals surface area contributed by atoms with Crippen molar-refractivity contribution in [3.05, 3.63) is 42.3 Å². The zero-order valence-electron chi connectivity index (χ0n) is 16.4. The second kappa shape index (κ2) is 8.15. The molecule has 3 aromatic rings. The molecule has 2 aliphatic heterocycles. The molecule has 0 aliphatic carbocycles. The largest absolute Gasteiger partial charge is 0.461 e. The van der Waals surface area contributed by atoms with Crippen LogP contribution in [-0.4, -0.2) is 78.6 Å². The number of carbonyl (C=O) groups is 1. The van der Waals surface area contributed by atoms with Crippen LogP contribution in [0, 0.1) is 0 Å². The van der Waals surface area contributed by atoms with Gasteiger partial charge in [-0.15, -0.1) is 10.2 Å². The first kappa shape index (κ1) is 18.6. The van der Waals surface area contributed by atoms with E-state index in [1.54, 1.807) is 29.4 Å². The molecule has 0 spiro atoms. The van der Waals surface area contributed by atoms with E-state index < -0.39 is 0 Å². The highest BCUT2D eigenvalue weighted by Crippen LogP contribution is 2.22. The number of nitrogens with zero attached hydrogens (tertiary/aromatic N) is 6. The lowest BCUT2D eigenvalue weighted by Gasteiger charge is -2.35. The zero-order valence-corrected chi connectivity index (χ0v) is 16.4. The van der Waals surface area contributed by atoms with Gasteiger partial charge in [-0.1, -0.05) is 5.16 Å². The van der Waals surface area contributed by atoms with Gasteiger partial charge in [0.05, 0.1) is 19.5 Å².